The van der Waals surface area contributed by atoms with E-state index in [1.54, 1.807) is 37.5 Å². The molecule has 1 amide bonds. The van der Waals surface area contributed by atoms with Crippen LogP contribution in [-0.2, 0) is 0 Å². The lowest BCUT2D eigenvalue weighted by atomic mass is 10.2. The van der Waals surface area contributed by atoms with Crippen molar-refractivity contribution in [2.24, 2.45) is 0 Å². The number of methoxy groups -OCH3 is 1. The molecule has 1 aromatic carbocycles. The van der Waals surface area contributed by atoms with Crippen molar-refractivity contribution >= 4 is 18.1 Å². The predicted molar refractivity (Wildman–Crippen MR) is 95.9 cm³/mol. The van der Waals surface area contributed by atoms with Gasteiger partial charge in [-0.15, -0.1) is 0 Å². The van der Waals surface area contributed by atoms with Gasteiger partial charge >= 0.3 is 0 Å². The van der Waals surface area contributed by atoms with Crippen molar-refractivity contribution in [2.45, 2.75) is 0 Å². The molecule has 0 aliphatic heterocycles. The van der Waals surface area contributed by atoms with Gasteiger partial charge in [0, 0.05) is 13.2 Å². The van der Waals surface area contributed by atoms with E-state index in [9.17, 15) is 9.59 Å². The molecule has 1 aromatic heterocycles. The van der Waals surface area contributed by atoms with Crippen LogP contribution < -0.4 is 20.3 Å². The van der Waals surface area contributed by atoms with Gasteiger partial charge in [0.2, 0.25) is 0 Å². The molecule has 0 aliphatic carbocycles. The molecule has 0 spiro atoms. The van der Waals surface area contributed by atoms with Crippen molar-refractivity contribution < 1.29 is 14.3 Å². The molecular formula is C18H19N3O4. The molecule has 7 heteroatoms. The summed E-state index contributed by atoms with van der Waals surface area (Å²) < 4.78 is 10.8. The Balaban J connectivity index is 2.21. The average Bonchev–Trinajstić information content (AvgIpc) is 2.64. The molecular weight excluding hydrogens is 322 g/mol. The third-order valence-electron chi connectivity index (χ3n) is 3.27. The third-order valence-corrected chi connectivity index (χ3v) is 3.27. The second kappa shape index (κ2) is 8.49. The second-order valence-electron chi connectivity index (χ2n) is 4.93. The van der Waals surface area contributed by atoms with Gasteiger partial charge in [-0.1, -0.05) is 24.8 Å². The molecule has 0 bridgehead atoms. The highest BCUT2D eigenvalue weighted by Gasteiger charge is 2.09. The SMILES string of the molecule is C=CCOc1ccc(/C=C\c2ncc(C(=O)NC)c(=O)[nH]2)cc1OC. The predicted octanol–water partition coefficient (Wildman–Crippen LogP) is 1.87. The van der Waals surface area contributed by atoms with Gasteiger partial charge in [-0.3, -0.25) is 9.59 Å². The number of aromatic nitrogens is 2. The second-order valence-corrected chi connectivity index (χ2v) is 4.93. The van der Waals surface area contributed by atoms with Crippen LogP contribution in [0.1, 0.15) is 21.7 Å². The zero-order chi connectivity index (χ0) is 18.2. The minimum absolute atomic E-state index is 0.0370. The number of ether oxygens (including phenoxy) is 2. The van der Waals surface area contributed by atoms with Crippen LogP contribution in [0.2, 0.25) is 0 Å². The van der Waals surface area contributed by atoms with E-state index in [1.807, 2.05) is 6.07 Å². The molecule has 130 valence electrons. The van der Waals surface area contributed by atoms with E-state index in [0.717, 1.165) is 5.56 Å². The van der Waals surface area contributed by atoms with E-state index in [-0.39, 0.29) is 5.56 Å². The van der Waals surface area contributed by atoms with Gasteiger partial charge in [0.25, 0.3) is 11.5 Å². The first kappa shape index (κ1) is 18.0. The van der Waals surface area contributed by atoms with Crippen LogP contribution in [0.15, 0.2) is 41.8 Å². The van der Waals surface area contributed by atoms with Crippen LogP contribution >= 0.6 is 0 Å². The summed E-state index contributed by atoms with van der Waals surface area (Å²) in [5.74, 6) is 1.05. The topological polar surface area (TPSA) is 93.3 Å². The normalized spacial score (nSPS) is 10.5. The maximum absolute atomic E-state index is 11.9. The van der Waals surface area contributed by atoms with Gasteiger partial charge in [0.1, 0.15) is 18.0 Å². The molecule has 0 saturated carbocycles. The maximum Gasteiger partial charge on any atom is 0.263 e. The molecule has 0 radical (unpaired) electrons. The van der Waals surface area contributed by atoms with E-state index in [4.69, 9.17) is 9.47 Å². The van der Waals surface area contributed by atoms with Gasteiger partial charge < -0.3 is 19.8 Å². The molecule has 2 N–H and O–H groups in total. The Labute approximate surface area is 145 Å². The van der Waals surface area contributed by atoms with Gasteiger partial charge in [-0.2, -0.15) is 0 Å². The number of H-pyrrole nitrogens is 1. The van der Waals surface area contributed by atoms with Crippen molar-refractivity contribution in [3.63, 3.8) is 0 Å². The number of carbonyl (C=O) groups is 1. The van der Waals surface area contributed by atoms with Crippen LogP contribution in [0.4, 0.5) is 0 Å². The molecule has 7 nitrogen and oxygen atoms in total. The molecule has 2 rings (SSSR count). The van der Waals surface area contributed by atoms with Crippen LogP contribution in [-0.4, -0.2) is 36.6 Å². The number of benzene rings is 1. The van der Waals surface area contributed by atoms with Crippen molar-refractivity contribution in [3.8, 4) is 11.5 Å². The van der Waals surface area contributed by atoms with Gasteiger partial charge in [-0.05, 0) is 23.8 Å². The molecule has 0 unspecified atom stereocenters. The van der Waals surface area contributed by atoms with Gasteiger partial charge in [0.05, 0.1) is 7.11 Å². The quantitative estimate of drug-likeness (QED) is 0.750. The summed E-state index contributed by atoms with van der Waals surface area (Å²) in [6.07, 6.45) is 6.29. The first-order valence-electron chi connectivity index (χ1n) is 7.50. The summed E-state index contributed by atoms with van der Waals surface area (Å²) in [5.41, 5.74) is 0.297. The molecule has 25 heavy (non-hydrogen) atoms. The molecule has 0 fully saturated rings. The Bertz CT molecular complexity index is 856. The summed E-state index contributed by atoms with van der Waals surface area (Å²) in [6, 6.07) is 5.42. The van der Waals surface area contributed by atoms with E-state index in [2.05, 4.69) is 21.9 Å². The van der Waals surface area contributed by atoms with Crippen LogP contribution in [0.3, 0.4) is 0 Å². The highest BCUT2D eigenvalue weighted by atomic mass is 16.5. The number of nitrogens with zero attached hydrogens (tertiary/aromatic N) is 1. The number of hydrogen-bond acceptors (Lipinski definition) is 5. The highest BCUT2D eigenvalue weighted by Crippen LogP contribution is 2.28. The third kappa shape index (κ3) is 4.57. The zero-order valence-electron chi connectivity index (χ0n) is 14.0. The number of rotatable bonds is 7. The summed E-state index contributed by atoms with van der Waals surface area (Å²) in [6.45, 7) is 3.99. The fraction of sp³-hybridized carbons (Fsp3) is 0.167. The standard InChI is InChI=1S/C18H19N3O4/c1-4-9-25-14-7-5-12(10-15(14)24-3)6-8-16-20-11-13(17(22)19-2)18(23)21-16/h4-8,10-11H,1,9H2,2-3H3,(H,19,22)(H,20,21,23)/b8-6-. The van der Waals surface area contributed by atoms with E-state index in [1.165, 1.54) is 13.2 Å². The Hall–Kier alpha value is -3.35. The molecule has 0 saturated heterocycles. The largest absolute Gasteiger partial charge is 0.493 e. The van der Waals surface area contributed by atoms with E-state index < -0.39 is 11.5 Å². The fourth-order valence-electron chi connectivity index (χ4n) is 2.02. The first-order chi connectivity index (χ1) is 12.1. The van der Waals surface area contributed by atoms with Crippen LogP contribution in [0.25, 0.3) is 12.2 Å². The average molecular weight is 341 g/mol. The molecule has 1 heterocycles. The lowest BCUT2D eigenvalue weighted by Crippen LogP contribution is -2.27. The van der Waals surface area contributed by atoms with Crippen molar-refractivity contribution in [1.29, 1.82) is 0 Å². The Morgan fingerprint density at radius 1 is 1.36 bits per heavy atom. The van der Waals surface area contributed by atoms with Crippen molar-refractivity contribution in [3.05, 3.63) is 64.4 Å². The number of nitrogens with one attached hydrogen (secondary N) is 2. The number of amides is 1. The van der Waals surface area contributed by atoms with E-state index >= 15 is 0 Å². The van der Waals surface area contributed by atoms with Crippen LogP contribution in [0.5, 0.6) is 11.5 Å². The minimum Gasteiger partial charge on any atom is -0.493 e. The fourth-order valence-corrected chi connectivity index (χ4v) is 2.02. The summed E-state index contributed by atoms with van der Waals surface area (Å²) in [7, 11) is 3.01. The van der Waals surface area contributed by atoms with Gasteiger partial charge in [0.15, 0.2) is 11.5 Å². The zero-order valence-corrected chi connectivity index (χ0v) is 14.0. The lowest BCUT2D eigenvalue weighted by Gasteiger charge is -2.09. The number of hydrogen-bond donors (Lipinski definition) is 2. The Morgan fingerprint density at radius 3 is 2.80 bits per heavy atom. The summed E-state index contributed by atoms with van der Waals surface area (Å²) in [5, 5.41) is 2.38. The maximum atomic E-state index is 11.9. The molecule has 0 atom stereocenters. The van der Waals surface area contributed by atoms with Gasteiger partial charge in [-0.25, -0.2) is 4.98 Å². The monoisotopic (exact) mass is 341 g/mol. The number of carbonyl (C=O) groups excluding carboxylic acids is 1. The highest BCUT2D eigenvalue weighted by molar-refractivity contribution is 5.93. The van der Waals surface area contributed by atoms with Crippen molar-refractivity contribution in [1.82, 2.24) is 15.3 Å². The number of aromatic amines is 1. The molecule has 0 aliphatic rings. The summed E-state index contributed by atoms with van der Waals surface area (Å²) >= 11 is 0. The minimum atomic E-state index is -0.500. The van der Waals surface area contributed by atoms with Crippen molar-refractivity contribution in [2.75, 3.05) is 20.8 Å². The molecule has 2 aromatic rings. The van der Waals surface area contributed by atoms with E-state index in [0.29, 0.717) is 23.9 Å². The van der Waals surface area contributed by atoms with Crippen LogP contribution in [0, 0.1) is 0 Å². The Morgan fingerprint density at radius 2 is 2.16 bits per heavy atom. The Kier molecular flexibility index (Phi) is 6.11. The summed E-state index contributed by atoms with van der Waals surface area (Å²) in [4.78, 5) is 29.9. The lowest BCUT2D eigenvalue weighted by molar-refractivity contribution is 0.0961. The smallest absolute Gasteiger partial charge is 0.263 e. The first-order valence-corrected chi connectivity index (χ1v) is 7.50.